The van der Waals surface area contributed by atoms with E-state index in [2.05, 4.69) is 10.6 Å². The molecule has 1 heterocycles. The van der Waals surface area contributed by atoms with Crippen LogP contribution in [0.4, 0.5) is 17.1 Å². The van der Waals surface area contributed by atoms with Gasteiger partial charge in [0, 0.05) is 35.3 Å². The van der Waals surface area contributed by atoms with E-state index in [1.807, 2.05) is 0 Å². The number of nitrogens with one attached hydrogen (secondary N) is 2. The molecule has 0 radical (unpaired) electrons. The van der Waals surface area contributed by atoms with E-state index in [4.69, 9.17) is 5.73 Å². The van der Waals surface area contributed by atoms with E-state index in [9.17, 15) is 35.5 Å². The summed E-state index contributed by atoms with van der Waals surface area (Å²) < 4.78 is 69.0. The molecule has 3 aromatic carbocycles. The molecule has 0 aliphatic heterocycles. The molecular formula is C24H22N4O8S2. The molecule has 0 spiro atoms. The Hall–Kier alpha value is -4.24. The summed E-state index contributed by atoms with van der Waals surface area (Å²) in [5.74, 6) is -1.25. The summed E-state index contributed by atoms with van der Waals surface area (Å²) in [4.78, 5) is 24.5. The zero-order valence-electron chi connectivity index (χ0n) is 20.0. The van der Waals surface area contributed by atoms with Crippen LogP contribution in [0.2, 0.25) is 0 Å². The summed E-state index contributed by atoms with van der Waals surface area (Å²) in [6.07, 6.45) is 1.57. The number of anilines is 3. The normalized spacial score (nSPS) is 11.9. The van der Waals surface area contributed by atoms with Crippen LogP contribution in [-0.4, -0.2) is 42.3 Å². The van der Waals surface area contributed by atoms with Gasteiger partial charge in [-0.25, -0.2) is 0 Å². The van der Waals surface area contributed by atoms with Gasteiger partial charge in [-0.05, 0) is 42.8 Å². The molecule has 0 bridgehead atoms. The highest BCUT2D eigenvalue weighted by Gasteiger charge is 2.25. The van der Waals surface area contributed by atoms with E-state index in [0.717, 1.165) is 12.1 Å². The first-order valence-electron chi connectivity index (χ1n) is 10.8. The first-order chi connectivity index (χ1) is 17.7. The quantitative estimate of drug-likeness (QED) is 0.221. The smallest absolute Gasteiger partial charge is 0.297 e. The zero-order valence-corrected chi connectivity index (χ0v) is 21.6. The van der Waals surface area contributed by atoms with Gasteiger partial charge in [0.1, 0.15) is 15.5 Å². The van der Waals surface area contributed by atoms with Crippen molar-refractivity contribution in [2.45, 2.75) is 16.7 Å². The van der Waals surface area contributed by atoms with Crippen LogP contribution < -0.4 is 16.4 Å². The molecule has 2 amide bonds. The van der Waals surface area contributed by atoms with Crippen molar-refractivity contribution < 1.29 is 35.5 Å². The van der Waals surface area contributed by atoms with Gasteiger partial charge in [-0.3, -0.25) is 18.7 Å². The first-order valence-corrected chi connectivity index (χ1v) is 13.7. The first kappa shape index (κ1) is 26.8. The Morgan fingerprint density at radius 3 is 2.13 bits per heavy atom. The minimum absolute atomic E-state index is 0.0466. The van der Waals surface area contributed by atoms with Gasteiger partial charge >= 0.3 is 0 Å². The lowest BCUT2D eigenvalue weighted by Crippen LogP contribution is -2.18. The third-order valence-corrected chi connectivity index (χ3v) is 7.63. The van der Waals surface area contributed by atoms with Crippen molar-refractivity contribution in [2.75, 3.05) is 16.4 Å². The number of amides is 2. The second-order valence-electron chi connectivity index (χ2n) is 8.45. The molecular weight excluding hydrogens is 536 g/mol. The molecule has 198 valence electrons. The van der Waals surface area contributed by atoms with E-state index < -0.39 is 41.8 Å². The Bertz CT molecular complexity index is 1840. The van der Waals surface area contributed by atoms with Crippen LogP contribution in [0, 0.1) is 6.92 Å². The van der Waals surface area contributed by atoms with E-state index in [-0.39, 0.29) is 27.7 Å². The van der Waals surface area contributed by atoms with Gasteiger partial charge in [0.25, 0.3) is 32.1 Å². The van der Waals surface area contributed by atoms with Crippen molar-refractivity contribution in [3.8, 4) is 0 Å². The molecule has 0 atom stereocenters. The largest absolute Gasteiger partial charge is 0.397 e. The fourth-order valence-electron chi connectivity index (χ4n) is 4.00. The van der Waals surface area contributed by atoms with Gasteiger partial charge < -0.3 is 20.9 Å². The number of aromatic nitrogens is 1. The number of aryl methyl sites for hydroxylation is 2. The Morgan fingerprint density at radius 1 is 0.842 bits per heavy atom. The molecule has 4 rings (SSSR count). The van der Waals surface area contributed by atoms with Crippen LogP contribution in [-0.2, 0) is 27.3 Å². The van der Waals surface area contributed by atoms with Crippen LogP contribution in [0.15, 0.2) is 70.6 Å². The molecule has 12 nitrogen and oxygen atoms in total. The number of benzene rings is 3. The third kappa shape index (κ3) is 5.24. The Balaban J connectivity index is 1.72. The highest BCUT2D eigenvalue weighted by atomic mass is 32.2. The lowest BCUT2D eigenvalue weighted by Gasteiger charge is -2.15. The van der Waals surface area contributed by atoms with E-state index in [1.54, 1.807) is 30.8 Å². The molecule has 38 heavy (non-hydrogen) atoms. The number of hydrogen-bond donors (Lipinski definition) is 5. The molecule has 0 saturated heterocycles. The van der Waals surface area contributed by atoms with Crippen molar-refractivity contribution in [1.82, 2.24) is 4.57 Å². The number of fused-ring (bicyclic) bond motifs is 1. The summed E-state index contributed by atoms with van der Waals surface area (Å²) in [7, 11) is -8.04. The van der Waals surface area contributed by atoms with Gasteiger partial charge in [-0.2, -0.15) is 16.8 Å². The van der Waals surface area contributed by atoms with E-state index in [1.165, 1.54) is 36.4 Å². The van der Waals surface area contributed by atoms with Crippen molar-refractivity contribution in [3.05, 3.63) is 77.6 Å². The maximum absolute atomic E-state index is 13.1. The summed E-state index contributed by atoms with van der Waals surface area (Å²) in [6, 6.07) is 11.7. The van der Waals surface area contributed by atoms with Crippen LogP contribution in [0.25, 0.3) is 10.8 Å². The van der Waals surface area contributed by atoms with E-state index in [0.29, 0.717) is 16.9 Å². The number of nitrogen functional groups attached to an aromatic ring is 1. The summed E-state index contributed by atoms with van der Waals surface area (Å²) in [5, 5.41) is 4.70. The van der Waals surface area contributed by atoms with Gasteiger partial charge in [-0.15, -0.1) is 0 Å². The minimum atomic E-state index is -4.97. The lowest BCUT2D eigenvalue weighted by atomic mass is 10.1. The molecule has 6 N–H and O–H groups in total. The molecule has 14 heteroatoms. The summed E-state index contributed by atoms with van der Waals surface area (Å²) >= 11 is 0. The topological polar surface area (TPSA) is 198 Å². The van der Waals surface area contributed by atoms with E-state index >= 15 is 0 Å². The van der Waals surface area contributed by atoms with Crippen LogP contribution in [0.5, 0.6) is 0 Å². The lowest BCUT2D eigenvalue weighted by molar-refractivity contribution is 0.101. The van der Waals surface area contributed by atoms with Crippen molar-refractivity contribution >= 4 is 59.9 Å². The van der Waals surface area contributed by atoms with Crippen molar-refractivity contribution in [1.29, 1.82) is 0 Å². The predicted molar refractivity (Wildman–Crippen MR) is 140 cm³/mol. The highest BCUT2D eigenvalue weighted by Crippen LogP contribution is 2.34. The SMILES string of the molecule is Cc1ccc(C(=O)Nc2ccc3c(S(=O)(=O)O)cccc3c2S(=O)(=O)O)cc1NC(=O)c1cc(N)cn1C. The molecule has 0 aliphatic carbocycles. The maximum atomic E-state index is 13.1. The number of rotatable bonds is 6. The van der Waals surface area contributed by atoms with Gasteiger partial charge in [0.2, 0.25) is 0 Å². The summed E-state index contributed by atoms with van der Waals surface area (Å²) in [6.45, 7) is 1.71. The van der Waals surface area contributed by atoms with Gasteiger partial charge in [0.05, 0.1) is 11.4 Å². The standard InChI is InChI=1S/C24H22N4O8S2/c1-13-6-7-14(10-19(13)27-24(30)20-11-15(25)12-28(20)2)23(29)26-18-9-8-16-17(22(18)38(34,35)36)4-3-5-21(16)37(31,32)33/h3-12H,25H2,1-2H3,(H,26,29)(H,27,30)(H,31,32,33)(H,34,35,36). The third-order valence-electron chi connectivity index (χ3n) is 5.76. The molecule has 4 aromatic rings. The van der Waals surface area contributed by atoms with Crippen molar-refractivity contribution in [2.24, 2.45) is 7.05 Å². The zero-order chi connectivity index (χ0) is 28.0. The highest BCUT2D eigenvalue weighted by molar-refractivity contribution is 7.86. The fourth-order valence-corrected chi connectivity index (χ4v) is 5.56. The minimum Gasteiger partial charge on any atom is -0.397 e. The number of carbonyl (C=O) groups is 2. The second-order valence-corrected chi connectivity index (χ2v) is 11.2. The number of hydrogen-bond acceptors (Lipinski definition) is 7. The summed E-state index contributed by atoms with van der Waals surface area (Å²) in [5.41, 5.74) is 7.08. The Labute approximate surface area is 217 Å². The average Bonchev–Trinajstić information content (AvgIpc) is 3.16. The Kier molecular flexibility index (Phi) is 6.75. The average molecular weight is 559 g/mol. The van der Waals surface area contributed by atoms with Crippen molar-refractivity contribution in [3.63, 3.8) is 0 Å². The van der Waals surface area contributed by atoms with Gasteiger partial charge in [-0.1, -0.05) is 24.3 Å². The van der Waals surface area contributed by atoms with Crippen LogP contribution in [0.3, 0.4) is 0 Å². The molecule has 0 aliphatic rings. The predicted octanol–water partition coefficient (Wildman–Crippen LogP) is 3.07. The molecule has 0 saturated carbocycles. The second kappa shape index (κ2) is 9.57. The van der Waals surface area contributed by atoms with Crippen LogP contribution >= 0.6 is 0 Å². The molecule has 1 aromatic heterocycles. The number of nitrogens with zero attached hydrogens (tertiary/aromatic N) is 1. The number of nitrogens with two attached hydrogens (primary N) is 1. The monoisotopic (exact) mass is 558 g/mol. The maximum Gasteiger partial charge on any atom is 0.297 e. The fraction of sp³-hybridized carbons (Fsp3) is 0.0833. The number of carbonyl (C=O) groups excluding carboxylic acids is 2. The molecule has 0 unspecified atom stereocenters. The molecule has 0 fully saturated rings. The van der Waals surface area contributed by atoms with Crippen LogP contribution in [0.1, 0.15) is 26.4 Å². The van der Waals surface area contributed by atoms with Gasteiger partial charge in [0.15, 0.2) is 0 Å². The Morgan fingerprint density at radius 2 is 1.53 bits per heavy atom.